The molecule has 0 saturated heterocycles. The van der Waals surface area contributed by atoms with Crippen molar-refractivity contribution < 1.29 is 17.2 Å². The number of benzene rings is 2. The fourth-order valence-corrected chi connectivity index (χ4v) is 3.39. The first-order valence-corrected chi connectivity index (χ1v) is 7.88. The molecule has 0 N–H and O–H groups in total. The van der Waals surface area contributed by atoms with Gasteiger partial charge in [0.15, 0.2) is 11.6 Å². The van der Waals surface area contributed by atoms with Gasteiger partial charge in [-0.1, -0.05) is 37.3 Å². The fraction of sp³-hybridized carbons (Fsp3) is 0.200. The Morgan fingerprint density at radius 3 is 2.24 bits per heavy atom. The normalized spacial score (nSPS) is 11.8. The van der Waals surface area contributed by atoms with Gasteiger partial charge in [0.05, 0.1) is 4.90 Å². The molecule has 3 nitrogen and oxygen atoms in total. The first-order valence-electron chi connectivity index (χ1n) is 6.44. The van der Waals surface area contributed by atoms with Crippen molar-refractivity contribution in [2.75, 3.05) is 6.54 Å². The summed E-state index contributed by atoms with van der Waals surface area (Å²) >= 11 is 0. The second-order valence-corrected chi connectivity index (χ2v) is 6.43. The maximum Gasteiger partial charge on any atom is 0.243 e. The summed E-state index contributed by atoms with van der Waals surface area (Å²) in [7, 11) is -3.86. The highest BCUT2D eigenvalue weighted by atomic mass is 32.2. The summed E-state index contributed by atoms with van der Waals surface area (Å²) in [5, 5.41) is 0. The molecule has 112 valence electrons. The zero-order chi connectivity index (χ0) is 15.5. The topological polar surface area (TPSA) is 37.4 Å². The van der Waals surface area contributed by atoms with Crippen LogP contribution >= 0.6 is 0 Å². The average molecular weight is 311 g/mol. The van der Waals surface area contributed by atoms with E-state index in [1.807, 2.05) is 30.3 Å². The van der Waals surface area contributed by atoms with Crippen LogP contribution in [0.15, 0.2) is 53.4 Å². The summed E-state index contributed by atoms with van der Waals surface area (Å²) < 4.78 is 52.3. The van der Waals surface area contributed by atoms with Crippen LogP contribution in [0, 0.1) is 11.6 Å². The molecule has 0 aliphatic heterocycles. The zero-order valence-corrected chi connectivity index (χ0v) is 12.3. The van der Waals surface area contributed by atoms with Gasteiger partial charge in [-0.2, -0.15) is 4.31 Å². The molecule has 0 radical (unpaired) electrons. The van der Waals surface area contributed by atoms with E-state index in [0.717, 1.165) is 17.7 Å². The van der Waals surface area contributed by atoms with E-state index in [1.165, 1.54) is 4.31 Å². The Bertz CT molecular complexity index is 718. The summed E-state index contributed by atoms with van der Waals surface area (Å²) in [6.45, 7) is 2.11. The molecule has 0 bridgehead atoms. The molecule has 0 aliphatic carbocycles. The second-order valence-electron chi connectivity index (χ2n) is 4.49. The largest absolute Gasteiger partial charge is 0.243 e. The van der Waals surface area contributed by atoms with E-state index in [-0.39, 0.29) is 18.0 Å². The van der Waals surface area contributed by atoms with E-state index in [0.29, 0.717) is 6.07 Å². The van der Waals surface area contributed by atoms with Crippen LogP contribution in [0.3, 0.4) is 0 Å². The minimum absolute atomic E-state index is 0.179. The predicted octanol–water partition coefficient (Wildman–Crippen LogP) is 3.18. The van der Waals surface area contributed by atoms with Gasteiger partial charge in [0, 0.05) is 13.1 Å². The number of hydrogen-bond acceptors (Lipinski definition) is 2. The highest BCUT2D eigenvalue weighted by Gasteiger charge is 2.24. The molecule has 0 atom stereocenters. The molecule has 2 rings (SSSR count). The summed E-state index contributed by atoms with van der Waals surface area (Å²) in [5.41, 5.74) is 0.825. The molecule has 6 heteroatoms. The van der Waals surface area contributed by atoms with E-state index < -0.39 is 21.7 Å². The van der Waals surface area contributed by atoms with Gasteiger partial charge in [-0.3, -0.25) is 0 Å². The summed E-state index contributed by atoms with van der Waals surface area (Å²) in [5.74, 6) is -2.24. The SMILES string of the molecule is CCN(Cc1ccccc1)S(=O)(=O)c1ccc(F)c(F)c1. The second kappa shape index (κ2) is 6.32. The monoisotopic (exact) mass is 311 g/mol. The van der Waals surface area contributed by atoms with Crippen LogP contribution in [-0.4, -0.2) is 19.3 Å². The van der Waals surface area contributed by atoms with Crippen molar-refractivity contribution in [3.8, 4) is 0 Å². The number of hydrogen-bond donors (Lipinski definition) is 0. The van der Waals surface area contributed by atoms with Gasteiger partial charge in [0.25, 0.3) is 0 Å². The van der Waals surface area contributed by atoms with E-state index in [4.69, 9.17) is 0 Å². The average Bonchev–Trinajstić information content (AvgIpc) is 2.48. The number of halogens is 2. The Balaban J connectivity index is 2.33. The standard InChI is InChI=1S/C15H15F2NO2S/c1-2-18(11-12-6-4-3-5-7-12)21(19,20)13-8-9-14(16)15(17)10-13/h3-10H,2,11H2,1H3. The van der Waals surface area contributed by atoms with E-state index in [2.05, 4.69) is 0 Å². The molecular formula is C15H15F2NO2S. The van der Waals surface area contributed by atoms with Gasteiger partial charge in [-0.15, -0.1) is 0 Å². The van der Waals surface area contributed by atoms with Gasteiger partial charge in [-0.05, 0) is 23.8 Å². The Morgan fingerprint density at radius 1 is 1.00 bits per heavy atom. The lowest BCUT2D eigenvalue weighted by Crippen LogP contribution is -2.30. The number of sulfonamides is 1. The van der Waals surface area contributed by atoms with Crippen LogP contribution in [0.2, 0.25) is 0 Å². The molecule has 2 aromatic carbocycles. The fourth-order valence-electron chi connectivity index (χ4n) is 1.94. The Kier molecular flexibility index (Phi) is 4.69. The first kappa shape index (κ1) is 15.6. The maximum atomic E-state index is 13.2. The molecule has 0 unspecified atom stereocenters. The van der Waals surface area contributed by atoms with Crippen molar-refractivity contribution in [3.63, 3.8) is 0 Å². The van der Waals surface area contributed by atoms with Crippen LogP contribution in [0.25, 0.3) is 0 Å². The van der Waals surface area contributed by atoms with Crippen LogP contribution in [0.5, 0.6) is 0 Å². The summed E-state index contributed by atoms with van der Waals surface area (Å²) in [6, 6.07) is 11.7. The number of nitrogens with zero attached hydrogens (tertiary/aromatic N) is 1. The first-order chi connectivity index (χ1) is 9.95. The quantitative estimate of drug-likeness (QED) is 0.850. The third kappa shape index (κ3) is 3.46. The minimum atomic E-state index is -3.86. The Hall–Kier alpha value is -1.79. The predicted molar refractivity (Wildman–Crippen MR) is 76.1 cm³/mol. The maximum absolute atomic E-state index is 13.2. The van der Waals surface area contributed by atoms with Crippen molar-refractivity contribution in [3.05, 3.63) is 65.7 Å². The molecule has 0 heterocycles. The van der Waals surface area contributed by atoms with E-state index in [1.54, 1.807) is 6.92 Å². The van der Waals surface area contributed by atoms with Crippen LogP contribution in [0.1, 0.15) is 12.5 Å². The number of rotatable bonds is 5. The molecule has 2 aromatic rings. The van der Waals surface area contributed by atoms with E-state index in [9.17, 15) is 17.2 Å². The minimum Gasteiger partial charge on any atom is -0.207 e. The van der Waals surface area contributed by atoms with Gasteiger partial charge in [0.2, 0.25) is 10.0 Å². The molecule has 0 aromatic heterocycles. The molecule has 0 saturated carbocycles. The van der Waals surface area contributed by atoms with Crippen molar-refractivity contribution in [1.29, 1.82) is 0 Å². The Labute approximate surface area is 122 Å². The highest BCUT2D eigenvalue weighted by Crippen LogP contribution is 2.20. The van der Waals surface area contributed by atoms with Crippen molar-refractivity contribution >= 4 is 10.0 Å². The van der Waals surface area contributed by atoms with Gasteiger partial charge in [0.1, 0.15) is 0 Å². The van der Waals surface area contributed by atoms with Crippen LogP contribution in [-0.2, 0) is 16.6 Å². The third-order valence-corrected chi connectivity index (χ3v) is 5.00. The molecule has 0 amide bonds. The van der Waals surface area contributed by atoms with Crippen LogP contribution in [0.4, 0.5) is 8.78 Å². The van der Waals surface area contributed by atoms with Crippen LogP contribution < -0.4 is 0 Å². The molecule has 0 aliphatic rings. The third-order valence-electron chi connectivity index (χ3n) is 3.08. The van der Waals surface area contributed by atoms with Crippen molar-refractivity contribution in [1.82, 2.24) is 4.31 Å². The van der Waals surface area contributed by atoms with Gasteiger partial charge in [-0.25, -0.2) is 17.2 Å². The van der Waals surface area contributed by atoms with Gasteiger partial charge < -0.3 is 0 Å². The zero-order valence-electron chi connectivity index (χ0n) is 11.5. The lowest BCUT2D eigenvalue weighted by atomic mass is 10.2. The Morgan fingerprint density at radius 2 is 1.67 bits per heavy atom. The molecular weight excluding hydrogens is 296 g/mol. The lowest BCUT2D eigenvalue weighted by molar-refractivity contribution is 0.422. The van der Waals surface area contributed by atoms with Crippen molar-refractivity contribution in [2.45, 2.75) is 18.4 Å². The summed E-state index contributed by atoms with van der Waals surface area (Å²) in [4.78, 5) is -0.251. The van der Waals surface area contributed by atoms with Gasteiger partial charge >= 0.3 is 0 Å². The summed E-state index contributed by atoms with van der Waals surface area (Å²) in [6.07, 6.45) is 0. The molecule has 21 heavy (non-hydrogen) atoms. The smallest absolute Gasteiger partial charge is 0.207 e. The highest BCUT2D eigenvalue weighted by molar-refractivity contribution is 7.89. The molecule has 0 spiro atoms. The lowest BCUT2D eigenvalue weighted by Gasteiger charge is -2.20. The van der Waals surface area contributed by atoms with Crippen molar-refractivity contribution in [2.24, 2.45) is 0 Å². The van der Waals surface area contributed by atoms with E-state index >= 15 is 0 Å². The molecule has 0 fully saturated rings.